The number of carbonyl (C=O) groups excluding carboxylic acids is 2. The maximum absolute atomic E-state index is 13.5. The lowest BCUT2D eigenvalue weighted by atomic mass is 9.91. The summed E-state index contributed by atoms with van der Waals surface area (Å²) in [5, 5.41) is 17.8. The van der Waals surface area contributed by atoms with Crippen molar-refractivity contribution in [2.75, 3.05) is 63.9 Å². The first kappa shape index (κ1) is 32.8. The van der Waals surface area contributed by atoms with E-state index in [4.69, 9.17) is 19.2 Å². The number of likely N-dealkylation sites (N-methyl/N-ethyl adjacent to an activating group) is 1. The molecule has 0 radical (unpaired) electrons. The zero-order chi connectivity index (χ0) is 32.1. The standard InChI is InChI=1S/C33H48N6O6/c1-33(2,3)45-32(42)39-20-24-15-26(44-21-43-5)10-9-22(24)16-27(39)28(40)19-34-31(41)23-17-29(35-25-7-6-8-25)36-30(18-23)38-13-11-37(4)12-14-38/h9-10,15,17-18,25,27-28,40H,6-8,11-14,16,19-21H2,1-5H3,(H,34,41)(H,35,36)/t27-,28+/m0/s1. The van der Waals surface area contributed by atoms with E-state index in [2.05, 4.69) is 27.5 Å². The Morgan fingerprint density at radius 2 is 1.84 bits per heavy atom. The van der Waals surface area contributed by atoms with E-state index in [1.165, 1.54) is 6.42 Å². The van der Waals surface area contributed by atoms with Crippen LogP contribution in [-0.4, -0.2) is 109 Å². The maximum Gasteiger partial charge on any atom is 0.410 e. The largest absolute Gasteiger partial charge is 0.468 e. The number of anilines is 2. The molecule has 2 aromatic rings. The van der Waals surface area contributed by atoms with Gasteiger partial charge >= 0.3 is 6.09 Å². The number of aromatic nitrogens is 1. The van der Waals surface area contributed by atoms with Gasteiger partial charge in [-0.2, -0.15) is 0 Å². The summed E-state index contributed by atoms with van der Waals surface area (Å²) in [5.41, 5.74) is 1.67. The van der Waals surface area contributed by atoms with Crippen LogP contribution in [0.25, 0.3) is 0 Å². The second kappa shape index (κ2) is 14.2. The highest BCUT2D eigenvalue weighted by Crippen LogP contribution is 2.30. The van der Waals surface area contributed by atoms with Crippen LogP contribution in [0.15, 0.2) is 30.3 Å². The molecule has 12 nitrogen and oxygen atoms in total. The summed E-state index contributed by atoms with van der Waals surface area (Å²) < 4.78 is 16.3. The fourth-order valence-electron chi connectivity index (χ4n) is 5.78. The van der Waals surface area contributed by atoms with Gasteiger partial charge in [-0.1, -0.05) is 6.07 Å². The van der Waals surface area contributed by atoms with Gasteiger partial charge in [0.05, 0.1) is 12.1 Å². The lowest BCUT2D eigenvalue weighted by Crippen LogP contribution is -2.54. The molecule has 2 fully saturated rings. The Morgan fingerprint density at radius 1 is 1.09 bits per heavy atom. The fourth-order valence-corrected chi connectivity index (χ4v) is 5.78. The topological polar surface area (TPSA) is 129 Å². The molecule has 2 aliphatic heterocycles. The lowest BCUT2D eigenvalue weighted by molar-refractivity contribution is -0.0114. The zero-order valence-electron chi connectivity index (χ0n) is 27.2. The van der Waals surface area contributed by atoms with Crippen molar-refractivity contribution in [3.8, 4) is 5.75 Å². The van der Waals surface area contributed by atoms with Gasteiger partial charge < -0.3 is 39.8 Å². The Balaban J connectivity index is 1.31. The van der Waals surface area contributed by atoms with E-state index in [1.807, 2.05) is 45.0 Å². The molecular weight excluding hydrogens is 576 g/mol. The monoisotopic (exact) mass is 624 g/mol. The third-order valence-corrected chi connectivity index (χ3v) is 8.59. The number of fused-ring (bicyclic) bond motifs is 1. The molecule has 1 saturated heterocycles. The molecule has 3 N–H and O–H groups in total. The van der Waals surface area contributed by atoms with Crippen LogP contribution in [-0.2, 0) is 22.4 Å². The first-order chi connectivity index (χ1) is 21.5. The molecule has 0 bridgehead atoms. The number of carbonyl (C=O) groups is 2. The van der Waals surface area contributed by atoms with E-state index in [-0.39, 0.29) is 25.8 Å². The Kier molecular flexibility index (Phi) is 10.4. The van der Waals surface area contributed by atoms with E-state index in [0.29, 0.717) is 29.6 Å². The van der Waals surface area contributed by atoms with Crippen LogP contribution < -0.4 is 20.3 Å². The summed E-state index contributed by atoms with van der Waals surface area (Å²) in [4.78, 5) is 37.8. The molecular formula is C33H48N6O6. The molecule has 0 spiro atoms. The van der Waals surface area contributed by atoms with Gasteiger partial charge in [0.15, 0.2) is 6.79 Å². The van der Waals surface area contributed by atoms with Gasteiger partial charge in [0.25, 0.3) is 5.91 Å². The number of ether oxygens (including phenoxy) is 3. The first-order valence-electron chi connectivity index (χ1n) is 15.9. The van der Waals surface area contributed by atoms with Gasteiger partial charge in [-0.25, -0.2) is 9.78 Å². The number of nitrogens with one attached hydrogen (secondary N) is 2. The normalized spacial score (nSPS) is 19.7. The number of aliphatic hydroxyl groups excluding tert-OH is 1. The third kappa shape index (κ3) is 8.56. The van der Waals surface area contributed by atoms with Crippen molar-refractivity contribution in [3.63, 3.8) is 0 Å². The number of methoxy groups -OCH3 is 1. The number of rotatable bonds is 10. The molecule has 1 aliphatic carbocycles. The van der Waals surface area contributed by atoms with Crippen molar-refractivity contribution in [1.29, 1.82) is 0 Å². The van der Waals surface area contributed by atoms with E-state index >= 15 is 0 Å². The Bertz CT molecular complexity index is 1340. The smallest absolute Gasteiger partial charge is 0.410 e. The number of nitrogens with zero attached hydrogens (tertiary/aromatic N) is 4. The number of hydrogen-bond donors (Lipinski definition) is 3. The van der Waals surface area contributed by atoms with Crippen molar-refractivity contribution >= 4 is 23.6 Å². The zero-order valence-corrected chi connectivity index (χ0v) is 27.2. The molecule has 12 heteroatoms. The van der Waals surface area contributed by atoms with Crippen LogP contribution in [0.3, 0.4) is 0 Å². The van der Waals surface area contributed by atoms with Crippen LogP contribution in [0.2, 0.25) is 0 Å². The summed E-state index contributed by atoms with van der Waals surface area (Å²) in [6, 6.07) is 9.05. The van der Waals surface area contributed by atoms with Crippen molar-refractivity contribution in [1.82, 2.24) is 20.1 Å². The van der Waals surface area contributed by atoms with Gasteiger partial charge in [-0.05, 0) is 88.9 Å². The van der Waals surface area contributed by atoms with Crippen LogP contribution in [0.5, 0.6) is 5.75 Å². The Hall–Kier alpha value is -3.61. The maximum atomic E-state index is 13.5. The minimum absolute atomic E-state index is 0.0370. The minimum Gasteiger partial charge on any atom is -0.468 e. The van der Waals surface area contributed by atoms with Gasteiger partial charge in [0.1, 0.15) is 23.0 Å². The highest BCUT2D eigenvalue weighted by Gasteiger charge is 2.37. The third-order valence-electron chi connectivity index (χ3n) is 8.59. The second-order valence-electron chi connectivity index (χ2n) is 13.3. The lowest BCUT2D eigenvalue weighted by Gasteiger charge is -2.40. The van der Waals surface area contributed by atoms with Gasteiger partial charge in [0, 0.05) is 58.0 Å². The molecule has 2 atom stereocenters. The first-order valence-corrected chi connectivity index (χ1v) is 15.9. The highest BCUT2D eigenvalue weighted by atomic mass is 16.7. The van der Waals surface area contributed by atoms with E-state index in [9.17, 15) is 14.7 Å². The van der Waals surface area contributed by atoms with Gasteiger partial charge in [0.2, 0.25) is 0 Å². The van der Waals surface area contributed by atoms with Crippen molar-refractivity contribution in [3.05, 3.63) is 47.0 Å². The molecule has 1 saturated carbocycles. The summed E-state index contributed by atoms with van der Waals surface area (Å²) in [6.07, 6.45) is 2.21. The summed E-state index contributed by atoms with van der Waals surface area (Å²) in [5.74, 6) is 1.79. The van der Waals surface area contributed by atoms with Crippen molar-refractivity contribution in [2.24, 2.45) is 0 Å². The van der Waals surface area contributed by atoms with E-state index in [0.717, 1.165) is 56.0 Å². The Labute approximate surface area is 266 Å². The van der Waals surface area contributed by atoms with Crippen molar-refractivity contribution < 1.29 is 28.9 Å². The number of aliphatic hydroxyl groups is 1. The average molecular weight is 625 g/mol. The van der Waals surface area contributed by atoms with Crippen LogP contribution >= 0.6 is 0 Å². The molecule has 1 aromatic carbocycles. The Morgan fingerprint density at radius 3 is 2.51 bits per heavy atom. The number of piperazine rings is 1. The van der Waals surface area contributed by atoms with E-state index in [1.54, 1.807) is 18.1 Å². The molecule has 3 heterocycles. The van der Waals surface area contributed by atoms with Crippen LogP contribution in [0.4, 0.5) is 16.4 Å². The molecule has 1 aromatic heterocycles. The number of benzene rings is 1. The second-order valence-corrected chi connectivity index (χ2v) is 13.3. The fraction of sp³-hybridized carbons (Fsp3) is 0.606. The molecule has 2 amide bonds. The molecule has 3 aliphatic rings. The van der Waals surface area contributed by atoms with Gasteiger partial charge in [-0.15, -0.1) is 0 Å². The van der Waals surface area contributed by atoms with Gasteiger partial charge in [-0.3, -0.25) is 9.69 Å². The quantitative estimate of drug-likeness (QED) is 0.339. The average Bonchev–Trinajstić information content (AvgIpc) is 2.99. The van der Waals surface area contributed by atoms with Crippen LogP contribution in [0, 0.1) is 0 Å². The summed E-state index contributed by atoms with van der Waals surface area (Å²) in [7, 11) is 3.66. The molecule has 45 heavy (non-hydrogen) atoms. The summed E-state index contributed by atoms with van der Waals surface area (Å²) in [6.45, 7) is 9.26. The number of pyridine rings is 1. The highest BCUT2D eigenvalue weighted by molar-refractivity contribution is 5.95. The predicted octanol–water partition coefficient (Wildman–Crippen LogP) is 3.23. The number of amides is 2. The molecule has 246 valence electrons. The minimum atomic E-state index is -1.04. The molecule has 0 unspecified atom stereocenters. The van der Waals surface area contributed by atoms with E-state index < -0.39 is 23.8 Å². The summed E-state index contributed by atoms with van der Waals surface area (Å²) >= 11 is 0. The van der Waals surface area contributed by atoms with Crippen LogP contribution in [0.1, 0.15) is 61.5 Å². The predicted molar refractivity (Wildman–Crippen MR) is 172 cm³/mol. The number of hydrogen-bond acceptors (Lipinski definition) is 10. The molecule has 5 rings (SSSR count). The SMILES string of the molecule is COCOc1ccc2c(c1)CN(C(=O)OC(C)(C)C)[C@H]([C@H](O)CNC(=O)c1cc(NC3CCC3)nc(N3CCN(C)CC3)c1)C2. The van der Waals surface area contributed by atoms with Crippen molar-refractivity contribution in [2.45, 2.75) is 76.8 Å².